The summed E-state index contributed by atoms with van der Waals surface area (Å²) in [6.45, 7) is 8.30. The number of rotatable bonds is 6. The molecular formula is C13H23N3. The van der Waals surface area contributed by atoms with Crippen molar-refractivity contribution in [2.24, 2.45) is 0 Å². The van der Waals surface area contributed by atoms with Crippen LogP contribution in [0.3, 0.4) is 0 Å². The summed E-state index contributed by atoms with van der Waals surface area (Å²) in [5.74, 6) is 0. The van der Waals surface area contributed by atoms with Gasteiger partial charge in [0.1, 0.15) is 0 Å². The van der Waals surface area contributed by atoms with Gasteiger partial charge in [0.25, 0.3) is 0 Å². The van der Waals surface area contributed by atoms with E-state index in [1.165, 1.54) is 0 Å². The molecule has 0 saturated heterocycles. The fraction of sp³-hybridized carbons (Fsp3) is 0.615. The highest BCUT2D eigenvalue weighted by molar-refractivity contribution is 5.11. The van der Waals surface area contributed by atoms with Crippen LogP contribution in [0.15, 0.2) is 18.2 Å². The Labute approximate surface area is 99.1 Å². The normalized spacial score (nSPS) is 11.4. The highest BCUT2D eigenvalue weighted by Crippen LogP contribution is 2.04. The van der Waals surface area contributed by atoms with Gasteiger partial charge in [0.15, 0.2) is 0 Å². The Kier molecular flexibility index (Phi) is 5.43. The molecule has 1 rings (SSSR count). The Morgan fingerprint density at radius 1 is 0.938 bits per heavy atom. The molecule has 0 aliphatic carbocycles. The van der Waals surface area contributed by atoms with Crippen molar-refractivity contribution in [2.45, 2.75) is 26.9 Å². The summed E-state index contributed by atoms with van der Waals surface area (Å²) in [6, 6.07) is 6.30. The molecule has 0 amide bonds. The first-order valence-electron chi connectivity index (χ1n) is 5.97. The molecule has 1 aromatic rings. The monoisotopic (exact) mass is 221 g/mol. The summed E-state index contributed by atoms with van der Waals surface area (Å²) in [4.78, 5) is 9.18. The van der Waals surface area contributed by atoms with Crippen molar-refractivity contribution >= 4 is 0 Å². The second-order valence-electron chi connectivity index (χ2n) is 4.28. The number of aromatic nitrogens is 1. The van der Waals surface area contributed by atoms with E-state index >= 15 is 0 Å². The largest absolute Gasteiger partial charge is 0.301 e. The number of nitrogens with zero attached hydrogens (tertiary/aromatic N) is 3. The Hall–Kier alpha value is -0.930. The van der Waals surface area contributed by atoms with E-state index in [4.69, 9.17) is 0 Å². The fourth-order valence-electron chi connectivity index (χ4n) is 1.48. The molecule has 16 heavy (non-hydrogen) atoms. The van der Waals surface area contributed by atoms with Gasteiger partial charge in [-0.1, -0.05) is 19.9 Å². The molecule has 1 aromatic heterocycles. The maximum atomic E-state index is 4.67. The van der Waals surface area contributed by atoms with E-state index in [2.05, 4.69) is 60.9 Å². The summed E-state index contributed by atoms with van der Waals surface area (Å²) in [6.07, 6.45) is 0. The molecule has 0 atom stereocenters. The maximum Gasteiger partial charge on any atom is 0.0547 e. The molecule has 0 saturated carbocycles. The molecule has 0 aliphatic heterocycles. The van der Waals surface area contributed by atoms with Crippen LogP contribution in [0, 0.1) is 0 Å². The van der Waals surface area contributed by atoms with Crippen LogP contribution in [0.4, 0.5) is 0 Å². The third kappa shape index (κ3) is 4.29. The lowest BCUT2D eigenvalue weighted by atomic mass is 10.2. The van der Waals surface area contributed by atoms with Crippen LogP contribution < -0.4 is 0 Å². The van der Waals surface area contributed by atoms with Gasteiger partial charge < -0.3 is 9.80 Å². The second-order valence-corrected chi connectivity index (χ2v) is 4.28. The summed E-state index contributed by atoms with van der Waals surface area (Å²) in [5, 5.41) is 0. The highest BCUT2D eigenvalue weighted by Gasteiger charge is 2.02. The Balaban J connectivity index is 2.63. The lowest BCUT2D eigenvalue weighted by Gasteiger charge is -2.16. The highest BCUT2D eigenvalue weighted by atomic mass is 15.1. The van der Waals surface area contributed by atoms with Gasteiger partial charge in [0, 0.05) is 13.1 Å². The van der Waals surface area contributed by atoms with E-state index in [1.807, 2.05) is 0 Å². The quantitative estimate of drug-likeness (QED) is 0.732. The molecule has 3 nitrogen and oxygen atoms in total. The SMILES string of the molecule is CCN(C)Cc1cccc(CN(C)CC)n1. The van der Waals surface area contributed by atoms with Crippen molar-refractivity contribution in [1.82, 2.24) is 14.8 Å². The number of pyridine rings is 1. The zero-order valence-corrected chi connectivity index (χ0v) is 10.9. The molecule has 0 fully saturated rings. The topological polar surface area (TPSA) is 19.4 Å². The number of hydrogen-bond acceptors (Lipinski definition) is 3. The third-order valence-electron chi connectivity index (χ3n) is 2.81. The van der Waals surface area contributed by atoms with Gasteiger partial charge in [-0.15, -0.1) is 0 Å². The van der Waals surface area contributed by atoms with E-state index in [-0.39, 0.29) is 0 Å². The summed E-state index contributed by atoms with van der Waals surface area (Å²) in [5.41, 5.74) is 2.32. The average Bonchev–Trinajstić information content (AvgIpc) is 2.29. The van der Waals surface area contributed by atoms with Gasteiger partial charge >= 0.3 is 0 Å². The molecule has 0 aliphatic rings. The first kappa shape index (κ1) is 13.1. The fourth-order valence-corrected chi connectivity index (χ4v) is 1.48. The first-order valence-corrected chi connectivity index (χ1v) is 5.97. The van der Waals surface area contributed by atoms with Crippen molar-refractivity contribution < 1.29 is 0 Å². The van der Waals surface area contributed by atoms with Gasteiger partial charge in [-0.2, -0.15) is 0 Å². The summed E-state index contributed by atoms with van der Waals surface area (Å²) >= 11 is 0. The van der Waals surface area contributed by atoms with Crippen LogP contribution in [0.1, 0.15) is 25.2 Å². The smallest absolute Gasteiger partial charge is 0.0547 e. The Bertz CT molecular complexity index is 285. The van der Waals surface area contributed by atoms with Gasteiger partial charge in [0.05, 0.1) is 11.4 Å². The molecule has 0 radical (unpaired) electrons. The van der Waals surface area contributed by atoms with E-state index in [0.29, 0.717) is 0 Å². The van der Waals surface area contributed by atoms with E-state index < -0.39 is 0 Å². The van der Waals surface area contributed by atoms with Crippen LogP contribution >= 0.6 is 0 Å². The van der Waals surface area contributed by atoms with Crippen LogP contribution in [0.25, 0.3) is 0 Å². The average molecular weight is 221 g/mol. The molecule has 0 aromatic carbocycles. The van der Waals surface area contributed by atoms with Crippen molar-refractivity contribution in [1.29, 1.82) is 0 Å². The summed E-state index contributed by atoms with van der Waals surface area (Å²) < 4.78 is 0. The molecule has 0 spiro atoms. The van der Waals surface area contributed by atoms with Crippen LogP contribution in [0.2, 0.25) is 0 Å². The zero-order chi connectivity index (χ0) is 12.0. The molecule has 0 unspecified atom stereocenters. The maximum absolute atomic E-state index is 4.67. The molecule has 1 heterocycles. The first-order chi connectivity index (χ1) is 7.65. The third-order valence-corrected chi connectivity index (χ3v) is 2.81. The van der Waals surface area contributed by atoms with E-state index in [1.54, 1.807) is 0 Å². The van der Waals surface area contributed by atoms with Crippen molar-refractivity contribution in [3.63, 3.8) is 0 Å². The lowest BCUT2D eigenvalue weighted by molar-refractivity contribution is 0.331. The predicted octanol–water partition coefficient (Wildman–Crippen LogP) is 1.99. The molecule has 0 N–H and O–H groups in total. The number of hydrogen-bond donors (Lipinski definition) is 0. The van der Waals surface area contributed by atoms with Crippen molar-refractivity contribution in [3.8, 4) is 0 Å². The minimum atomic E-state index is 0.931. The zero-order valence-electron chi connectivity index (χ0n) is 10.9. The van der Waals surface area contributed by atoms with Gasteiger partial charge in [-0.05, 0) is 39.3 Å². The Morgan fingerprint density at radius 2 is 1.38 bits per heavy atom. The molecule has 90 valence electrons. The van der Waals surface area contributed by atoms with E-state index in [0.717, 1.165) is 37.6 Å². The molecule has 3 heteroatoms. The van der Waals surface area contributed by atoms with Crippen LogP contribution in [-0.2, 0) is 13.1 Å². The van der Waals surface area contributed by atoms with Crippen molar-refractivity contribution in [3.05, 3.63) is 29.6 Å². The van der Waals surface area contributed by atoms with Gasteiger partial charge in [-0.25, -0.2) is 0 Å². The second kappa shape index (κ2) is 6.61. The molecular weight excluding hydrogens is 198 g/mol. The minimum Gasteiger partial charge on any atom is -0.301 e. The Morgan fingerprint density at radius 3 is 1.75 bits per heavy atom. The minimum absolute atomic E-state index is 0.931. The van der Waals surface area contributed by atoms with Gasteiger partial charge in [-0.3, -0.25) is 4.98 Å². The van der Waals surface area contributed by atoms with Crippen LogP contribution in [0.5, 0.6) is 0 Å². The predicted molar refractivity (Wildman–Crippen MR) is 68.3 cm³/mol. The molecule has 0 bridgehead atoms. The van der Waals surface area contributed by atoms with E-state index in [9.17, 15) is 0 Å². The van der Waals surface area contributed by atoms with Crippen LogP contribution in [-0.4, -0.2) is 42.0 Å². The standard InChI is InChI=1S/C13H23N3/c1-5-15(3)10-12-8-7-9-13(14-12)11-16(4)6-2/h7-9H,5-6,10-11H2,1-4H3. The summed E-state index contributed by atoms with van der Waals surface area (Å²) in [7, 11) is 4.24. The lowest BCUT2D eigenvalue weighted by Crippen LogP contribution is -2.20. The van der Waals surface area contributed by atoms with Crippen molar-refractivity contribution in [2.75, 3.05) is 27.2 Å². The van der Waals surface area contributed by atoms with Gasteiger partial charge in [0.2, 0.25) is 0 Å².